The van der Waals surface area contributed by atoms with Gasteiger partial charge in [-0.25, -0.2) is 0 Å². The Morgan fingerprint density at radius 1 is 0.404 bits per heavy atom. The molecule has 35 nitrogen and oxygen atoms in total. The van der Waals surface area contributed by atoms with Crippen LogP contribution in [0.1, 0.15) is 59.9 Å². The first kappa shape index (κ1) is 84.6. The summed E-state index contributed by atoms with van der Waals surface area (Å²) >= 11 is 0. The van der Waals surface area contributed by atoms with Gasteiger partial charge in [0, 0.05) is 26.2 Å². The maximum absolute atomic E-state index is 12.3. The van der Waals surface area contributed by atoms with Gasteiger partial charge in [-0.2, -0.15) is 0 Å². The van der Waals surface area contributed by atoms with Gasteiger partial charge in [-0.3, -0.25) is 82.0 Å². The van der Waals surface area contributed by atoms with Crippen molar-refractivity contribution in [2.24, 2.45) is 0 Å². The van der Waals surface area contributed by atoms with E-state index in [4.69, 9.17) is 58.7 Å². The molecule has 5 atom stereocenters. The van der Waals surface area contributed by atoms with E-state index in [1.165, 1.54) is 14.7 Å². The fourth-order valence-electron chi connectivity index (χ4n) is 12.1. The summed E-state index contributed by atoms with van der Waals surface area (Å²) in [6.45, 7) is 2.57. The van der Waals surface area contributed by atoms with Crippen LogP contribution in [-0.2, 0) is 95.1 Å². The molecule has 6 amide bonds. The first-order valence-corrected chi connectivity index (χ1v) is 34.2. The van der Waals surface area contributed by atoms with E-state index >= 15 is 0 Å². The molecule has 588 valence electrons. The van der Waals surface area contributed by atoms with Crippen molar-refractivity contribution < 1.29 is 116 Å². The van der Waals surface area contributed by atoms with E-state index in [1.807, 2.05) is 109 Å². The molecular weight excluding hydrogens is 1430 g/mol. The third-order valence-corrected chi connectivity index (χ3v) is 18.4. The number of fused-ring (bicyclic) bond motifs is 1. The highest BCUT2D eigenvalue weighted by Gasteiger charge is 2.40. The highest BCUT2D eigenvalue weighted by molar-refractivity contribution is 5.91. The number of likely N-dealkylation sites (N-methyl/N-ethyl adjacent to an activating group) is 5. The Balaban J connectivity index is 0.000000190. The summed E-state index contributed by atoms with van der Waals surface area (Å²) in [4.78, 5) is 155. The van der Waals surface area contributed by atoms with Crippen molar-refractivity contribution in [1.29, 1.82) is 0 Å². The lowest BCUT2D eigenvalue weighted by molar-refractivity contribution is -0.159. The van der Waals surface area contributed by atoms with Crippen molar-refractivity contribution in [2.75, 3.05) is 117 Å². The van der Waals surface area contributed by atoms with E-state index in [9.17, 15) is 57.5 Å². The SMILES string of the molecule is CN1CN(CC(=O)OCc2ccccc2)C(=O)C[C@H]1C(=O)O.CN1CN(Cc2ccc3c(c2)OCO3)C(=O)C[C@H]1C(=O)O.COc1ccc(CN2CN(C)[C@@H](C(=O)O)CC2=O)cc1.COc1ccc(CN2CN(C)[C@@H](C(=O)O)CC2=O)cc1OC.COc1ccc(CNC(=O)[C@@H]2CC(=O)N(CC(=O)O)CN2C)cc1. The first-order chi connectivity index (χ1) is 51.9. The Bertz CT molecular complexity index is 4020. The quantitative estimate of drug-likeness (QED) is 0.0511. The van der Waals surface area contributed by atoms with Gasteiger partial charge in [0.2, 0.25) is 42.2 Å². The fraction of sp³-hybridized carbons (Fsp3) is 0.432. The summed E-state index contributed by atoms with van der Waals surface area (Å²) in [6, 6.07) is 31.4. The molecular formula is C74H93N11O24. The number of nitrogens with one attached hydrogen (secondary N) is 1. The molecule has 5 saturated heterocycles. The molecule has 0 bridgehead atoms. The van der Waals surface area contributed by atoms with Crippen LogP contribution in [-0.4, -0.2) is 293 Å². The Morgan fingerprint density at radius 3 is 1.22 bits per heavy atom. The Hall–Kier alpha value is -11.7. The molecule has 0 unspecified atom stereocenters. The van der Waals surface area contributed by atoms with E-state index in [-0.39, 0.29) is 114 Å². The fourth-order valence-corrected chi connectivity index (χ4v) is 12.1. The highest BCUT2D eigenvalue weighted by atomic mass is 16.7. The number of nitrogens with zero attached hydrogens (tertiary/aromatic N) is 10. The van der Waals surface area contributed by atoms with Gasteiger partial charge in [-0.1, -0.05) is 66.7 Å². The van der Waals surface area contributed by atoms with Crippen molar-refractivity contribution >= 4 is 71.3 Å². The number of carbonyl (C=O) groups excluding carboxylic acids is 7. The molecule has 109 heavy (non-hydrogen) atoms. The predicted molar refractivity (Wildman–Crippen MR) is 385 cm³/mol. The Kier molecular flexibility index (Phi) is 31.3. The molecule has 11 rings (SSSR count). The van der Waals surface area contributed by atoms with Gasteiger partial charge in [0.15, 0.2) is 23.0 Å². The topological polar surface area (TPSA) is 415 Å². The molecule has 35 heteroatoms. The first-order valence-electron chi connectivity index (χ1n) is 34.2. The molecule has 0 spiro atoms. The summed E-state index contributed by atoms with van der Waals surface area (Å²) in [7, 11) is 14.7. The van der Waals surface area contributed by atoms with Gasteiger partial charge in [-0.05, 0) is 112 Å². The number of amides is 6. The van der Waals surface area contributed by atoms with Crippen molar-refractivity contribution in [1.82, 2.24) is 54.3 Å². The minimum Gasteiger partial charge on any atom is -0.497 e. The van der Waals surface area contributed by atoms with E-state index in [0.29, 0.717) is 62.5 Å². The Labute approximate surface area is 629 Å². The third-order valence-electron chi connectivity index (χ3n) is 18.4. The zero-order valence-electron chi connectivity index (χ0n) is 62.0. The molecule has 0 radical (unpaired) electrons. The second-order valence-electron chi connectivity index (χ2n) is 26.2. The lowest BCUT2D eigenvalue weighted by atomic mass is 10.1. The number of methoxy groups -OCH3 is 4. The number of hydrogen-bond acceptors (Lipinski definition) is 24. The average molecular weight is 1520 g/mol. The van der Waals surface area contributed by atoms with Crippen LogP contribution in [0.3, 0.4) is 0 Å². The van der Waals surface area contributed by atoms with Crippen LogP contribution in [0.4, 0.5) is 0 Å². The molecule has 0 aromatic heterocycles. The molecule has 0 saturated carbocycles. The maximum atomic E-state index is 12.3. The maximum Gasteiger partial charge on any atom is 0.326 e. The highest BCUT2D eigenvalue weighted by Crippen LogP contribution is 2.34. The molecule has 5 fully saturated rings. The molecule has 5 aromatic rings. The minimum absolute atomic E-state index is 0.00359. The lowest BCUT2D eigenvalue weighted by Crippen LogP contribution is -2.57. The molecule has 6 aliphatic rings. The van der Waals surface area contributed by atoms with Crippen LogP contribution < -0.4 is 33.7 Å². The number of carbonyl (C=O) groups is 12. The van der Waals surface area contributed by atoms with Crippen molar-refractivity contribution in [2.45, 2.75) is 95.1 Å². The number of esters is 1. The van der Waals surface area contributed by atoms with Crippen LogP contribution in [0.15, 0.2) is 115 Å². The number of carboxylic acids is 5. The molecule has 6 N–H and O–H groups in total. The summed E-state index contributed by atoms with van der Waals surface area (Å²) < 4.78 is 36.3. The third kappa shape index (κ3) is 24.7. The van der Waals surface area contributed by atoms with E-state index in [1.54, 1.807) is 104 Å². The molecule has 6 aliphatic heterocycles. The number of benzene rings is 5. The van der Waals surface area contributed by atoms with Crippen LogP contribution in [0, 0.1) is 0 Å². The number of carboxylic acid groups (broad SMARTS) is 5. The monoisotopic (exact) mass is 1520 g/mol. The summed E-state index contributed by atoms with van der Waals surface area (Å²) in [5.41, 5.74) is 4.59. The second kappa shape index (κ2) is 40.3. The van der Waals surface area contributed by atoms with E-state index in [2.05, 4.69) is 5.32 Å². The van der Waals surface area contributed by atoms with E-state index in [0.717, 1.165) is 39.3 Å². The molecule has 0 aliphatic carbocycles. The zero-order chi connectivity index (χ0) is 79.8. The number of ether oxygens (including phenoxy) is 7. The largest absolute Gasteiger partial charge is 0.497 e. The summed E-state index contributed by atoms with van der Waals surface area (Å²) in [5.74, 6) is -2.81. The van der Waals surface area contributed by atoms with Crippen molar-refractivity contribution in [3.05, 3.63) is 143 Å². The summed E-state index contributed by atoms with van der Waals surface area (Å²) in [5, 5.41) is 47.8. The van der Waals surface area contributed by atoms with Gasteiger partial charge in [0.1, 0.15) is 55.4 Å². The van der Waals surface area contributed by atoms with E-state index < -0.39 is 66.0 Å². The number of hydrogen-bond donors (Lipinski definition) is 6. The lowest BCUT2D eigenvalue weighted by Gasteiger charge is -2.37. The standard InChI is InChI=1S/C16H21N3O5.C15H20N2O5.C15H18N2O5.C14H16N2O5.C14H18N2O4/c1-18-10-19(9-15(21)22)14(20)7-13(18)16(23)17-8-11-3-5-12(24-2)6-4-11;1-16-9-17(14(18)7-11(16)15(19)20)8-10-4-5-12(21-2)13(6-10)22-3;1-16-10-17(13(18)7-12(16)15(20)21)8-14(19)22-9-11-5-3-2-4-6-11;1-15-7-16(13(17)5-10(15)14(18)19)6-9-2-3-11-12(4-9)21-8-20-11;1-15-9-16(13(17)7-12(15)14(18)19)8-10-3-5-11(20-2)6-4-10/h3-6,13H,7-10H2,1-2H3,(H,17,23)(H,21,22);4-6,11H,7-9H2,1-3H3,(H,19,20);2-6,12H,7-10H2,1H3,(H,20,21);2-4,10H,5-8H2,1H3,(H,18,19);3-6,12H,7-9H2,1-2H3,(H,18,19)/t13-;11-;12-;10-;12-/m01001/s1. The van der Waals surface area contributed by atoms with Crippen LogP contribution in [0.2, 0.25) is 0 Å². The Morgan fingerprint density at radius 2 is 0.780 bits per heavy atom. The van der Waals surface area contributed by atoms with Crippen LogP contribution in [0.25, 0.3) is 0 Å². The average Bonchev–Trinajstić information content (AvgIpc) is 1.48. The van der Waals surface area contributed by atoms with Gasteiger partial charge in [0.05, 0.1) is 99.9 Å². The van der Waals surface area contributed by atoms with Gasteiger partial charge < -0.3 is 88.5 Å². The van der Waals surface area contributed by atoms with Crippen molar-refractivity contribution in [3.63, 3.8) is 0 Å². The van der Waals surface area contributed by atoms with Crippen LogP contribution in [0.5, 0.6) is 34.5 Å². The minimum atomic E-state index is -1.07. The van der Waals surface area contributed by atoms with Gasteiger partial charge in [-0.15, -0.1) is 0 Å². The normalized spacial score (nSPS) is 19.6. The van der Waals surface area contributed by atoms with Crippen LogP contribution >= 0.6 is 0 Å². The molecule has 5 aromatic carbocycles. The predicted octanol–water partition coefficient (Wildman–Crippen LogP) is 2.23. The van der Waals surface area contributed by atoms with Gasteiger partial charge >= 0.3 is 35.8 Å². The zero-order valence-corrected chi connectivity index (χ0v) is 62.0. The smallest absolute Gasteiger partial charge is 0.326 e. The number of rotatable bonds is 23. The van der Waals surface area contributed by atoms with Gasteiger partial charge in [0.25, 0.3) is 0 Å². The number of aliphatic carboxylic acids is 5. The van der Waals surface area contributed by atoms with Crippen molar-refractivity contribution in [3.8, 4) is 34.5 Å². The summed E-state index contributed by atoms with van der Waals surface area (Å²) in [6.07, 6.45) is -0.173. The molecule has 6 heterocycles. The second-order valence-corrected chi connectivity index (χ2v) is 26.2.